The molecule has 1 aromatic rings. The molecule has 2 rings (SSSR count). The third-order valence-electron chi connectivity index (χ3n) is 2.52. The standard InChI is InChI=1S/C10H13ClN2/c11-10-5-8(12)1-2-9(10)7-3-4-13-6-7/h1-2,5,7,13H,3-4,6,12H2/t7-/m1/s1. The van der Waals surface area contributed by atoms with Gasteiger partial charge in [-0.1, -0.05) is 17.7 Å². The Balaban J connectivity index is 2.29. The third kappa shape index (κ3) is 1.79. The average molecular weight is 197 g/mol. The Morgan fingerprint density at radius 2 is 2.31 bits per heavy atom. The van der Waals surface area contributed by atoms with Crippen LogP contribution in [0.5, 0.6) is 0 Å². The molecule has 1 aromatic carbocycles. The lowest BCUT2D eigenvalue weighted by Gasteiger charge is -2.10. The van der Waals surface area contributed by atoms with Crippen molar-refractivity contribution in [3.8, 4) is 0 Å². The number of rotatable bonds is 1. The maximum Gasteiger partial charge on any atom is 0.0461 e. The molecule has 0 unspecified atom stereocenters. The van der Waals surface area contributed by atoms with Crippen LogP contribution >= 0.6 is 11.6 Å². The van der Waals surface area contributed by atoms with Crippen molar-refractivity contribution in [3.63, 3.8) is 0 Å². The van der Waals surface area contributed by atoms with E-state index in [1.807, 2.05) is 18.2 Å². The topological polar surface area (TPSA) is 38.0 Å². The molecule has 0 saturated carbocycles. The van der Waals surface area contributed by atoms with Crippen molar-refractivity contribution in [2.24, 2.45) is 0 Å². The number of nitrogens with two attached hydrogens (primary N) is 1. The van der Waals surface area contributed by atoms with Crippen LogP contribution in [-0.2, 0) is 0 Å². The van der Waals surface area contributed by atoms with E-state index in [0.717, 1.165) is 23.8 Å². The molecule has 0 aromatic heterocycles. The number of hydrogen-bond acceptors (Lipinski definition) is 2. The van der Waals surface area contributed by atoms with Gasteiger partial charge in [0.05, 0.1) is 0 Å². The molecule has 1 aliphatic heterocycles. The first-order valence-corrected chi connectivity index (χ1v) is 4.91. The summed E-state index contributed by atoms with van der Waals surface area (Å²) in [6, 6.07) is 5.78. The largest absolute Gasteiger partial charge is 0.399 e. The summed E-state index contributed by atoms with van der Waals surface area (Å²) >= 11 is 6.10. The van der Waals surface area contributed by atoms with Crippen LogP contribution in [0.25, 0.3) is 0 Å². The molecule has 0 spiro atoms. The third-order valence-corrected chi connectivity index (χ3v) is 2.85. The van der Waals surface area contributed by atoms with E-state index in [-0.39, 0.29) is 0 Å². The fourth-order valence-electron chi connectivity index (χ4n) is 1.79. The van der Waals surface area contributed by atoms with Gasteiger partial charge in [-0.2, -0.15) is 0 Å². The quantitative estimate of drug-likeness (QED) is 0.675. The van der Waals surface area contributed by atoms with Gasteiger partial charge in [0, 0.05) is 17.3 Å². The van der Waals surface area contributed by atoms with Gasteiger partial charge < -0.3 is 11.1 Å². The minimum atomic E-state index is 0.563. The summed E-state index contributed by atoms with van der Waals surface area (Å²) in [7, 11) is 0. The van der Waals surface area contributed by atoms with Crippen molar-refractivity contribution in [1.82, 2.24) is 5.32 Å². The van der Waals surface area contributed by atoms with Crippen molar-refractivity contribution in [3.05, 3.63) is 28.8 Å². The summed E-state index contributed by atoms with van der Waals surface area (Å²) in [4.78, 5) is 0. The lowest BCUT2D eigenvalue weighted by molar-refractivity contribution is 0.764. The lowest BCUT2D eigenvalue weighted by Crippen LogP contribution is -2.08. The van der Waals surface area contributed by atoms with Crippen molar-refractivity contribution in [2.45, 2.75) is 12.3 Å². The van der Waals surface area contributed by atoms with E-state index >= 15 is 0 Å². The van der Waals surface area contributed by atoms with Crippen LogP contribution < -0.4 is 11.1 Å². The molecule has 0 aliphatic carbocycles. The molecule has 70 valence electrons. The number of nitrogen functional groups attached to an aromatic ring is 1. The van der Waals surface area contributed by atoms with Crippen LogP contribution in [0.3, 0.4) is 0 Å². The zero-order valence-electron chi connectivity index (χ0n) is 7.39. The maximum atomic E-state index is 6.10. The smallest absolute Gasteiger partial charge is 0.0461 e. The Kier molecular flexibility index (Phi) is 2.42. The SMILES string of the molecule is Nc1ccc([C@@H]2CCNC2)c(Cl)c1. The normalized spacial score (nSPS) is 22.1. The second kappa shape index (κ2) is 3.56. The molecule has 0 bridgehead atoms. The summed E-state index contributed by atoms with van der Waals surface area (Å²) in [6.45, 7) is 2.12. The van der Waals surface area contributed by atoms with Gasteiger partial charge in [-0.05, 0) is 36.6 Å². The summed E-state index contributed by atoms with van der Waals surface area (Å²) < 4.78 is 0. The highest BCUT2D eigenvalue weighted by Crippen LogP contribution is 2.30. The number of anilines is 1. The van der Waals surface area contributed by atoms with E-state index in [9.17, 15) is 0 Å². The van der Waals surface area contributed by atoms with Gasteiger partial charge >= 0.3 is 0 Å². The van der Waals surface area contributed by atoms with Crippen LogP contribution in [0.4, 0.5) is 5.69 Å². The Morgan fingerprint density at radius 3 is 2.92 bits per heavy atom. The Morgan fingerprint density at radius 1 is 1.46 bits per heavy atom. The van der Waals surface area contributed by atoms with Gasteiger partial charge in [-0.25, -0.2) is 0 Å². The fourth-order valence-corrected chi connectivity index (χ4v) is 2.14. The molecule has 1 saturated heterocycles. The second-order valence-corrected chi connectivity index (χ2v) is 3.88. The minimum Gasteiger partial charge on any atom is -0.399 e. The zero-order valence-corrected chi connectivity index (χ0v) is 8.14. The number of hydrogen-bond donors (Lipinski definition) is 2. The van der Waals surface area contributed by atoms with E-state index in [2.05, 4.69) is 5.32 Å². The van der Waals surface area contributed by atoms with Gasteiger partial charge in [0.15, 0.2) is 0 Å². The molecular weight excluding hydrogens is 184 g/mol. The predicted molar refractivity (Wildman–Crippen MR) is 56.1 cm³/mol. The Bertz CT molecular complexity index is 306. The van der Waals surface area contributed by atoms with Gasteiger partial charge in [0.25, 0.3) is 0 Å². The first-order chi connectivity index (χ1) is 6.27. The molecule has 13 heavy (non-hydrogen) atoms. The van der Waals surface area contributed by atoms with Crippen molar-refractivity contribution >= 4 is 17.3 Å². The molecule has 2 nitrogen and oxygen atoms in total. The van der Waals surface area contributed by atoms with Crippen LogP contribution in [0.2, 0.25) is 5.02 Å². The molecular formula is C10H13ClN2. The molecule has 3 N–H and O–H groups in total. The summed E-state index contributed by atoms with van der Waals surface area (Å²) in [5, 5.41) is 4.12. The molecule has 0 radical (unpaired) electrons. The van der Waals surface area contributed by atoms with E-state index in [1.165, 1.54) is 12.0 Å². The molecule has 1 atom stereocenters. The minimum absolute atomic E-state index is 0.563. The first kappa shape index (κ1) is 8.85. The van der Waals surface area contributed by atoms with Gasteiger partial charge in [0.2, 0.25) is 0 Å². The second-order valence-electron chi connectivity index (χ2n) is 3.47. The van der Waals surface area contributed by atoms with Crippen molar-refractivity contribution in [1.29, 1.82) is 0 Å². The van der Waals surface area contributed by atoms with Gasteiger partial charge in [-0.15, -0.1) is 0 Å². The van der Waals surface area contributed by atoms with Crippen LogP contribution in [-0.4, -0.2) is 13.1 Å². The monoisotopic (exact) mass is 196 g/mol. The highest BCUT2D eigenvalue weighted by atomic mass is 35.5. The van der Waals surface area contributed by atoms with Crippen LogP contribution in [0, 0.1) is 0 Å². The predicted octanol–water partition coefficient (Wildman–Crippen LogP) is 2.00. The van der Waals surface area contributed by atoms with E-state index < -0.39 is 0 Å². The molecule has 1 aliphatic rings. The molecule has 1 fully saturated rings. The summed E-state index contributed by atoms with van der Waals surface area (Å²) in [5.41, 5.74) is 7.58. The number of nitrogens with one attached hydrogen (secondary N) is 1. The summed E-state index contributed by atoms with van der Waals surface area (Å²) in [5.74, 6) is 0.563. The van der Waals surface area contributed by atoms with Crippen molar-refractivity contribution in [2.75, 3.05) is 18.8 Å². The zero-order chi connectivity index (χ0) is 9.26. The van der Waals surface area contributed by atoms with E-state index in [0.29, 0.717) is 5.92 Å². The first-order valence-electron chi connectivity index (χ1n) is 4.53. The fraction of sp³-hybridized carbons (Fsp3) is 0.400. The number of benzene rings is 1. The molecule has 0 amide bonds. The average Bonchev–Trinajstić information content (AvgIpc) is 2.56. The van der Waals surface area contributed by atoms with Crippen LogP contribution in [0.1, 0.15) is 17.9 Å². The van der Waals surface area contributed by atoms with Crippen LogP contribution in [0.15, 0.2) is 18.2 Å². The lowest BCUT2D eigenvalue weighted by atomic mass is 9.98. The highest BCUT2D eigenvalue weighted by molar-refractivity contribution is 6.31. The maximum absolute atomic E-state index is 6.10. The van der Waals surface area contributed by atoms with E-state index in [1.54, 1.807) is 0 Å². The van der Waals surface area contributed by atoms with Crippen molar-refractivity contribution < 1.29 is 0 Å². The molecule has 3 heteroatoms. The Labute approximate surface area is 83.1 Å². The Hall–Kier alpha value is -0.730. The van der Waals surface area contributed by atoms with Gasteiger partial charge in [-0.3, -0.25) is 0 Å². The highest BCUT2D eigenvalue weighted by Gasteiger charge is 2.18. The van der Waals surface area contributed by atoms with Gasteiger partial charge in [0.1, 0.15) is 0 Å². The number of halogens is 1. The van der Waals surface area contributed by atoms with E-state index in [4.69, 9.17) is 17.3 Å². The summed E-state index contributed by atoms with van der Waals surface area (Å²) in [6.07, 6.45) is 1.17. The molecule has 1 heterocycles.